The van der Waals surface area contributed by atoms with E-state index in [0.717, 1.165) is 6.07 Å². The number of carbonyl (C=O) groups is 1. The van der Waals surface area contributed by atoms with E-state index in [1.165, 1.54) is 12.1 Å². The van der Waals surface area contributed by atoms with Gasteiger partial charge in [-0.3, -0.25) is 4.79 Å². The zero-order valence-electron chi connectivity index (χ0n) is 16.1. The minimum atomic E-state index is -4.18. The summed E-state index contributed by atoms with van der Waals surface area (Å²) in [5.74, 6) is -1.70. The molecule has 6 nitrogen and oxygen atoms in total. The Hall–Kier alpha value is -2.36. The highest BCUT2D eigenvalue weighted by molar-refractivity contribution is 6.30. The van der Waals surface area contributed by atoms with Gasteiger partial charge >= 0.3 is 6.18 Å². The first-order valence-electron chi connectivity index (χ1n) is 9.87. The van der Waals surface area contributed by atoms with Gasteiger partial charge in [-0.15, -0.1) is 10.2 Å². The molecule has 2 aromatic rings. The number of hydrogen-bond acceptors (Lipinski definition) is 5. The molecular formula is C20H18ClF4N3O3. The minimum absolute atomic E-state index is 0.0182. The van der Waals surface area contributed by atoms with Crippen LogP contribution in [-0.2, 0) is 10.2 Å². The third kappa shape index (κ3) is 3.54. The monoisotopic (exact) mass is 459 g/mol. The molecule has 31 heavy (non-hydrogen) atoms. The van der Waals surface area contributed by atoms with Gasteiger partial charge in [-0.05, 0) is 44.2 Å². The summed E-state index contributed by atoms with van der Waals surface area (Å²) in [7, 11) is 0. The molecule has 0 unspecified atom stereocenters. The lowest BCUT2D eigenvalue weighted by molar-refractivity contribution is -0.199. The molecule has 1 aromatic carbocycles. The molecule has 166 valence electrons. The number of carbonyl (C=O) groups excluding carboxylic acids is 1. The highest BCUT2D eigenvalue weighted by Gasteiger charge is 2.72. The predicted octanol–water partition coefficient (Wildman–Crippen LogP) is 4.29. The summed E-state index contributed by atoms with van der Waals surface area (Å²) in [6.07, 6.45) is -2.34. The largest absolute Gasteiger partial charge is 0.484 e. The van der Waals surface area contributed by atoms with Crippen LogP contribution in [0.15, 0.2) is 22.6 Å². The van der Waals surface area contributed by atoms with Gasteiger partial charge in [0.1, 0.15) is 11.6 Å². The Morgan fingerprint density at radius 3 is 2.61 bits per heavy atom. The number of rotatable bonds is 6. The molecule has 0 spiro atoms. The first-order chi connectivity index (χ1) is 14.6. The molecule has 4 saturated carbocycles. The van der Waals surface area contributed by atoms with Crippen molar-refractivity contribution in [3.8, 4) is 5.75 Å². The van der Waals surface area contributed by atoms with Crippen LogP contribution in [-0.4, -0.2) is 34.4 Å². The Bertz CT molecular complexity index is 1020. The summed E-state index contributed by atoms with van der Waals surface area (Å²) < 4.78 is 62.4. The van der Waals surface area contributed by atoms with E-state index in [2.05, 4.69) is 15.5 Å². The number of aromatic nitrogens is 2. The van der Waals surface area contributed by atoms with E-state index in [1.807, 2.05) is 0 Å². The molecule has 11 heteroatoms. The topological polar surface area (TPSA) is 77.2 Å². The fourth-order valence-corrected chi connectivity index (χ4v) is 5.01. The summed E-state index contributed by atoms with van der Waals surface area (Å²) in [5, 5.41) is 10.9. The zero-order valence-corrected chi connectivity index (χ0v) is 16.9. The predicted molar refractivity (Wildman–Crippen MR) is 99.1 cm³/mol. The Morgan fingerprint density at radius 2 is 1.97 bits per heavy atom. The molecule has 4 aliphatic carbocycles. The molecule has 1 amide bonds. The van der Waals surface area contributed by atoms with E-state index in [1.54, 1.807) is 0 Å². The van der Waals surface area contributed by atoms with Crippen LogP contribution in [0, 0.1) is 11.7 Å². The van der Waals surface area contributed by atoms with Crippen LogP contribution < -0.4 is 10.1 Å². The molecule has 0 radical (unpaired) electrons. The molecule has 0 saturated heterocycles. The number of amides is 1. The maximum absolute atomic E-state index is 13.4. The van der Waals surface area contributed by atoms with Crippen molar-refractivity contribution in [2.75, 3.05) is 6.61 Å². The normalized spacial score (nSPS) is 31.3. The van der Waals surface area contributed by atoms with Gasteiger partial charge in [0.25, 0.3) is 5.91 Å². The molecule has 4 aliphatic rings. The Labute approximate surface area is 179 Å². The van der Waals surface area contributed by atoms with E-state index in [9.17, 15) is 22.4 Å². The third-order valence-corrected chi connectivity index (χ3v) is 6.85. The number of nitrogens with zero attached hydrogens (tertiary/aromatic N) is 2. The van der Waals surface area contributed by atoms with Crippen molar-refractivity contribution < 1.29 is 31.5 Å². The first-order valence-corrected chi connectivity index (χ1v) is 10.2. The lowest BCUT2D eigenvalue weighted by Gasteiger charge is -2.68. The molecule has 0 aliphatic heterocycles. The molecule has 2 bridgehead atoms. The standard InChI is InChI=1S/C20H18ClF4N3O3/c21-13-2-1-12(5-14(13)22)30-6-15(29)26-19-7-18(8-19,9-19)17-28-27-16(31-17)10-3-11(4-10)20(23,24)25/h1-2,5,10-11H,3-4,6-9H2,(H,26,29). The second-order valence-corrected chi connectivity index (χ2v) is 9.26. The molecule has 1 N–H and O–H groups in total. The van der Waals surface area contributed by atoms with Crippen molar-refractivity contribution >= 4 is 17.5 Å². The van der Waals surface area contributed by atoms with Crippen LogP contribution >= 0.6 is 11.6 Å². The average molecular weight is 460 g/mol. The number of alkyl halides is 3. The number of halogens is 5. The van der Waals surface area contributed by atoms with Gasteiger partial charge in [0, 0.05) is 17.5 Å². The number of nitrogens with one attached hydrogen (secondary N) is 1. The van der Waals surface area contributed by atoms with Crippen LogP contribution in [0.4, 0.5) is 17.6 Å². The van der Waals surface area contributed by atoms with Gasteiger partial charge in [0.05, 0.1) is 16.4 Å². The Morgan fingerprint density at radius 1 is 1.26 bits per heavy atom. The Kier molecular flexibility index (Phi) is 4.52. The van der Waals surface area contributed by atoms with Crippen LogP contribution in [0.2, 0.25) is 5.02 Å². The van der Waals surface area contributed by atoms with Crippen LogP contribution in [0.1, 0.15) is 49.8 Å². The summed E-state index contributed by atoms with van der Waals surface area (Å²) in [5.41, 5.74) is -0.677. The molecule has 4 fully saturated rings. The first kappa shape index (κ1) is 20.5. The Balaban J connectivity index is 1.10. The second-order valence-electron chi connectivity index (χ2n) is 8.86. The van der Waals surface area contributed by atoms with Crippen LogP contribution in [0.5, 0.6) is 5.75 Å². The van der Waals surface area contributed by atoms with E-state index in [4.69, 9.17) is 20.8 Å². The van der Waals surface area contributed by atoms with Gasteiger partial charge in [0.2, 0.25) is 11.8 Å². The van der Waals surface area contributed by atoms with Crippen molar-refractivity contribution in [2.45, 2.75) is 55.2 Å². The SMILES string of the molecule is O=C(COc1ccc(Cl)c(F)c1)NC12CC(c3nnc(C4CC(C(F)(F)F)C4)o3)(C1)C2. The smallest absolute Gasteiger partial charge is 0.391 e. The second kappa shape index (κ2) is 6.82. The highest BCUT2D eigenvalue weighted by Crippen LogP contribution is 2.67. The van der Waals surface area contributed by atoms with Gasteiger partial charge in [-0.2, -0.15) is 13.2 Å². The van der Waals surface area contributed by atoms with Gasteiger partial charge < -0.3 is 14.5 Å². The molecule has 1 heterocycles. The van der Waals surface area contributed by atoms with Gasteiger partial charge in [-0.25, -0.2) is 4.39 Å². The van der Waals surface area contributed by atoms with Crippen molar-refractivity contribution in [1.82, 2.24) is 15.5 Å². The van der Waals surface area contributed by atoms with E-state index in [-0.39, 0.29) is 58.9 Å². The molecule has 1 aromatic heterocycles. The zero-order chi connectivity index (χ0) is 22.0. The maximum Gasteiger partial charge on any atom is 0.391 e. The van der Waals surface area contributed by atoms with E-state index in [0.29, 0.717) is 25.2 Å². The average Bonchev–Trinajstić information content (AvgIpc) is 3.04. The van der Waals surface area contributed by atoms with Crippen molar-refractivity contribution in [2.24, 2.45) is 5.92 Å². The lowest BCUT2D eigenvalue weighted by Crippen LogP contribution is -2.77. The highest BCUT2D eigenvalue weighted by atomic mass is 35.5. The van der Waals surface area contributed by atoms with Crippen molar-refractivity contribution in [3.63, 3.8) is 0 Å². The van der Waals surface area contributed by atoms with E-state index < -0.39 is 17.9 Å². The fourth-order valence-electron chi connectivity index (χ4n) is 4.90. The minimum Gasteiger partial charge on any atom is -0.484 e. The number of hydrogen-bond donors (Lipinski definition) is 1. The van der Waals surface area contributed by atoms with Gasteiger partial charge in [-0.1, -0.05) is 11.6 Å². The lowest BCUT2D eigenvalue weighted by atomic mass is 9.39. The van der Waals surface area contributed by atoms with Crippen molar-refractivity contribution in [3.05, 3.63) is 40.8 Å². The number of benzene rings is 1. The van der Waals surface area contributed by atoms with Gasteiger partial charge in [0.15, 0.2) is 6.61 Å². The fraction of sp³-hybridized carbons (Fsp3) is 0.550. The van der Waals surface area contributed by atoms with Crippen LogP contribution in [0.25, 0.3) is 0 Å². The summed E-state index contributed by atoms with van der Waals surface area (Å²) in [6.45, 7) is -0.261. The van der Waals surface area contributed by atoms with Crippen molar-refractivity contribution in [1.29, 1.82) is 0 Å². The third-order valence-electron chi connectivity index (χ3n) is 6.54. The summed E-state index contributed by atoms with van der Waals surface area (Å²) in [4.78, 5) is 12.2. The quantitative estimate of drug-likeness (QED) is 0.652. The van der Waals surface area contributed by atoms with E-state index >= 15 is 0 Å². The summed E-state index contributed by atoms with van der Waals surface area (Å²) in [6, 6.07) is 3.93. The molecule has 6 rings (SSSR count). The molecule has 0 atom stereocenters. The maximum atomic E-state index is 13.4. The number of ether oxygens (including phenoxy) is 1. The summed E-state index contributed by atoms with van der Waals surface area (Å²) >= 11 is 5.61. The molecular weight excluding hydrogens is 442 g/mol. The van der Waals surface area contributed by atoms with Crippen LogP contribution in [0.3, 0.4) is 0 Å².